The lowest BCUT2D eigenvalue weighted by atomic mass is 9.83. The third-order valence-corrected chi connectivity index (χ3v) is 5.63. The van der Waals surface area contributed by atoms with E-state index in [1.165, 1.54) is 5.56 Å². The summed E-state index contributed by atoms with van der Waals surface area (Å²) in [7, 11) is 1.62. The first-order chi connectivity index (χ1) is 14.2. The Bertz CT molecular complexity index is 822. The van der Waals surface area contributed by atoms with Gasteiger partial charge in [0.25, 0.3) is 0 Å². The Morgan fingerprint density at radius 2 is 1.86 bits per heavy atom. The molecule has 0 aliphatic carbocycles. The van der Waals surface area contributed by atoms with Crippen molar-refractivity contribution in [2.24, 2.45) is 5.92 Å². The van der Waals surface area contributed by atoms with Gasteiger partial charge in [-0.05, 0) is 37.8 Å². The van der Waals surface area contributed by atoms with Crippen molar-refractivity contribution in [2.75, 3.05) is 20.2 Å². The van der Waals surface area contributed by atoms with E-state index in [9.17, 15) is 9.59 Å². The maximum atomic E-state index is 13.1. The molecule has 29 heavy (non-hydrogen) atoms. The standard InChI is InChI=1S/C24H30N2O3/c1-3-26-22(27)16-15-20(23(26)19-13-7-8-14-21(19)29-2)24(28)25-17-9-12-18-10-5-4-6-11-18/h4-8,10-11,13-14,20,23H,3,9,12,15-17H2,1-2H3,(H,25,28)/t20-,23+/m1/s1. The van der Waals surface area contributed by atoms with Crippen LogP contribution in [0.5, 0.6) is 5.75 Å². The van der Waals surface area contributed by atoms with Crippen LogP contribution < -0.4 is 10.1 Å². The number of benzene rings is 2. The highest BCUT2D eigenvalue weighted by molar-refractivity contribution is 5.85. The molecule has 0 aromatic heterocycles. The van der Waals surface area contributed by atoms with Crippen molar-refractivity contribution in [1.29, 1.82) is 0 Å². The molecule has 2 aromatic rings. The van der Waals surface area contributed by atoms with Gasteiger partial charge >= 0.3 is 0 Å². The predicted molar refractivity (Wildman–Crippen MR) is 114 cm³/mol. The number of rotatable bonds is 8. The maximum absolute atomic E-state index is 13.1. The normalized spacial score (nSPS) is 19.1. The summed E-state index contributed by atoms with van der Waals surface area (Å²) in [5, 5.41) is 3.10. The van der Waals surface area contributed by atoms with Gasteiger partial charge in [-0.1, -0.05) is 48.5 Å². The fourth-order valence-electron chi connectivity index (χ4n) is 4.18. The maximum Gasteiger partial charge on any atom is 0.225 e. The van der Waals surface area contributed by atoms with Gasteiger partial charge < -0.3 is 15.0 Å². The number of nitrogens with zero attached hydrogens (tertiary/aromatic N) is 1. The van der Waals surface area contributed by atoms with E-state index >= 15 is 0 Å². The average Bonchev–Trinajstić information content (AvgIpc) is 2.77. The molecule has 3 rings (SSSR count). The van der Waals surface area contributed by atoms with Crippen molar-refractivity contribution in [3.05, 3.63) is 65.7 Å². The van der Waals surface area contributed by atoms with Crippen LogP contribution >= 0.6 is 0 Å². The number of carbonyl (C=O) groups excluding carboxylic acids is 2. The summed E-state index contributed by atoms with van der Waals surface area (Å²) in [6.07, 6.45) is 2.78. The molecule has 1 saturated heterocycles. The van der Waals surface area contributed by atoms with E-state index in [2.05, 4.69) is 17.4 Å². The lowest BCUT2D eigenvalue weighted by molar-refractivity contribution is -0.143. The quantitative estimate of drug-likeness (QED) is 0.694. The second kappa shape index (κ2) is 10.1. The molecule has 1 aliphatic rings. The van der Waals surface area contributed by atoms with Gasteiger partial charge in [0.1, 0.15) is 5.75 Å². The smallest absolute Gasteiger partial charge is 0.225 e. The van der Waals surface area contributed by atoms with Crippen LogP contribution in [0, 0.1) is 5.92 Å². The summed E-state index contributed by atoms with van der Waals surface area (Å²) in [4.78, 5) is 27.4. The second-order valence-electron chi connectivity index (χ2n) is 7.39. The van der Waals surface area contributed by atoms with Crippen LogP contribution in [0.25, 0.3) is 0 Å². The van der Waals surface area contributed by atoms with E-state index in [1.54, 1.807) is 7.11 Å². The minimum absolute atomic E-state index is 0.0138. The summed E-state index contributed by atoms with van der Waals surface area (Å²) in [5.41, 5.74) is 2.17. The lowest BCUT2D eigenvalue weighted by Gasteiger charge is -2.40. The number of hydrogen-bond acceptors (Lipinski definition) is 3. The van der Waals surface area contributed by atoms with Crippen LogP contribution in [0.15, 0.2) is 54.6 Å². The van der Waals surface area contributed by atoms with Crippen LogP contribution in [-0.4, -0.2) is 36.9 Å². The zero-order valence-electron chi connectivity index (χ0n) is 17.3. The number of amides is 2. The monoisotopic (exact) mass is 394 g/mol. The topological polar surface area (TPSA) is 58.6 Å². The number of ether oxygens (including phenoxy) is 1. The Morgan fingerprint density at radius 3 is 2.59 bits per heavy atom. The molecular formula is C24H30N2O3. The van der Waals surface area contributed by atoms with Crippen molar-refractivity contribution in [3.63, 3.8) is 0 Å². The highest BCUT2D eigenvalue weighted by atomic mass is 16.5. The van der Waals surface area contributed by atoms with Gasteiger partial charge in [-0.15, -0.1) is 0 Å². The SMILES string of the molecule is CCN1C(=O)CC[C@@H](C(=O)NCCCc2ccccc2)[C@@H]1c1ccccc1OC. The Hall–Kier alpha value is -2.82. The van der Waals surface area contributed by atoms with Crippen LogP contribution in [0.4, 0.5) is 0 Å². The minimum Gasteiger partial charge on any atom is -0.496 e. The molecule has 1 fully saturated rings. The summed E-state index contributed by atoms with van der Waals surface area (Å²) in [6.45, 7) is 3.16. The van der Waals surface area contributed by atoms with Crippen LogP contribution in [0.2, 0.25) is 0 Å². The third kappa shape index (κ3) is 4.97. The Labute approximate surface area is 173 Å². The molecule has 2 atom stereocenters. The third-order valence-electron chi connectivity index (χ3n) is 5.63. The van der Waals surface area contributed by atoms with Crippen molar-refractivity contribution < 1.29 is 14.3 Å². The van der Waals surface area contributed by atoms with Gasteiger partial charge in [0.2, 0.25) is 11.8 Å². The largest absolute Gasteiger partial charge is 0.496 e. The number of methoxy groups -OCH3 is 1. The van der Waals surface area contributed by atoms with Crippen molar-refractivity contribution >= 4 is 11.8 Å². The summed E-state index contributed by atoms with van der Waals surface area (Å²) in [6, 6.07) is 17.7. The highest BCUT2D eigenvalue weighted by Crippen LogP contribution is 2.40. The Morgan fingerprint density at radius 1 is 1.14 bits per heavy atom. The summed E-state index contributed by atoms with van der Waals surface area (Å²) < 4.78 is 5.53. The van der Waals surface area contributed by atoms with Gasteiger partial charge in [0.05, 0.1) is 19.1 Å². The van der Waals surface area contributed by atoms with Crippen molar-refractivity contribution in [1.82, 2.24) is 10.2 Å². The van der Waals surface area contributed by atoms with Crippen LogP contribution in [-0.2, 0) is 16.0 Å². The zero-order chi connectivity index (χ0) is 20.6. The average molecular weight is 395 g/mol. The second-order valence-corrected chi connectivity index (χ2v) is 7.39. The summed E-state index contributed by atoms with van der Waals surface area (Å²) in [5.74, 6) is 0.546. The van der Waals surface area contributed by atoms with Gasteiger partial charge in [-0.25, -0.2) is 0 Å². The van der Waals surface area contributed by atoms with Crippen LogP contribution in [0.1, 0.15) is 43.4 Å². The molecule has 2 amide bonds. The molecule has 5 nitrogen and oxygen atoms in total. The van der Waals surface area contributed by atoms with Gasteiger partial charge in [-0.3, -0.25) is 9.59 Å². The first-order valence-corrected chi connectivity index (χ1v) is 10.4. The van der Waals surface area contributed by atoms with E-state index in [1.807, 2.05) is 54.3 Å². The lowest BCUT2D eigenvalue weighted by Crippen LogP contribution is -2.48. The highest BCUT2D eigenvalue weighted by Gasteiger charge is 2.40. The zero-order valence-corrected chi connectivity index (χ0v) is 17.3. The van der Waals surface area contributed by atoms with E-state index in [0.717, 1.165) is 18.4 Å². The number of aryl methyl sites for hydroxylation is 1. The molecule has 0 saturated carbocycles. The molecule has 1 heterocycles. The Kier molecular flexibility index (Phi) is 7.28. The molecule has 0 unspecified atom stereocenters. The van der Waals surface area contributed by atoms with E-state index in [4.69, 9.17) is 4.74 Å². The predicted octanol–water partition coefficient (Wildman–Crippen LogP) is 3.74. The van der Waals surface area contributed by atoms with Gasteiger partial charge in [0.15, 0.2) is 0 Å². The molecule has 0 radical (unpaired) electrons. The fraction of sp³-hybridized carbons (Fsp3) is 0.417. The summed E-state index contributed by atoms with van der Waals surface area (Å²) >= 11 is 0. The number of hydrogen-bond donors (Lipinski definition) is 1. The molecule has 0 bridgehead atoms. The first kappa shape index (κ1) is 20.9. The molecule has 1 N–H and O–H groups in total. The molecule has 2 aromatic carbocycles. The number of carbonyl (C=O) groups is 2. The first-order valence-electron chi connectivity index (χ1n) is 10.4. The van der Waals surface area contributed by atoms with E-state index in [-0.39, 0.29) is 23.8 Å². The van der Waals surface area contributed by atoms with E-state index in [0.29, 0.717) is 31.7 Å². The van der Waals surface area contributed by atoms with Gasteiger partial charge in [0, 0.05) is 25.1 Å². The molecule has 0 spiro atoms. The van der Waals surface area contributed by atoms with E-state index < -0.39 is 0 Å². The number of piperidine rings is 1. The number of nitrogens with one attached hydrogen (secondary N) is 1. The van der Waals surface area contributed by atoms with Crippen LogP contribution in [0.3, 0.4) is 0 Å². The number of para-hydroxylation sites is 1. The Balaban J connectivity index is 1.71. The van der Waals surface area contributed by atoms with Crippen molar-refractivity contribution in [2.45, 2.75) is 38.6 Å². The van der Waals surface area contributed by atoms with Gasteiger partial charge in [-0.2, -0.15) is 0 Å². The molecule has 154 valence electrons. The van der Waals surface area contributed by atoms with Crippen molar-refractivity contribution in [3.8, 4) is 5.75 Å². The molecular weight excluding hydrogens is 364 g/mol. The molecule has 5 heteroatoms. The fourth-order valence-corrected chi connectivity index (χ4v) is 4.18. The number of likely N-dealkylation sites (tertiary alicyclic amines) is 1. The minimum atomic E-state index is -0.300. The molecule has 1 aliphatic heterocycles.